The predicted octanol–water partition coefficient (Wildman–Crippen LogP) is 5.30. The molecular formula is C29H38F3NO5. The Kier molecular flexibility index (Phi) is 10.1. The van der Waals surface area contributed by atoms with Crippen LogP contribution in [0.4, 0.5) is 13.2 Å². The Labute approximate surface area is 223 Å². The average molecular weight is 538 g/mol. The number of hydrogen-bond acceptors (Lipinski definition) is 6. The highest BCUT2D eigenvalue weighted by molar-refractivity contribution is 5.71. The highest BCUT2D eigenvalue weighted by Crippen LogP contribution is 2.48. The zero-order chi connectivity index (χ0) is 28.0. The topological polar surface area (TPSA) is 57.2 Å². The van der Waals surface area contributed by atoms with Gasteiger partial charge in [-0.25, -0.2) is 18.0 Å². The van der Waals surface area contributed by atoms with Crippen LogP contribution in [-0.4, -0.2) is 64.5 Å². The van der Waals surface area contributed by atoms with E-state index in [-0.39, 0.29) is 47.7 Å². The summed E-state index contributed by atoms with van der Waals surface area (Å²) in [6, 6.07) is 5.94. The van der Waals surface area contributed by atoms with Gasteiger partial charge in [-0.1, -0.05) is 19.9 Å². The van der Waals surface area contributed by atoms with Gasteiger partial charge in [-0.3, -0.25) is 0 Å². The molecule has 0 radical (unpaired) electrons. The molecule has 0 aliphatic heterocycles. The van der Waals surface area contributed by atoms with Crippen molar-refractivity contribution in [2.24, 2.45) is 5.92 Å². The highest BCUT2D eigenvalue weighted by atomic mass is 19.1. The lowest BCUT2D eigenvalue weighted by Gasteiger charge is -2.47. The number of ether oxygens (including phenoxy) is 4. The first kappa shape index (κ1) is 29.8. The Hall–Kier alpha value is -2.78. The van der Waals surface area contributed by atoms with E-state index in [0.29, 0.717) is 32.4 Å². The third-order valence-corrected chi connectivity index (χ3v) is 7.36. The maximum Gasteiger partial charge on any atom is 0.332 e. The molecule has 1 aliphatic rings. The second kappa shape index (κ2) is 12.8. The molecule has 0 bridgehead atoms. The quantitative estimate of drug-likeness (QED) is 0.343. The molecule has 1 aliphatic carbocycles. The van der Waals surface area contributed by atoms with Gasteiger partial charge in [0.25, 0.3) is 0 Å². The maximum atomic E-state index is 14.9. The van der Waals surface area contributed by atoms with E-state index in [0.717, 1.165) is 17.2 Å². The van der Waals surface area contributed by atoms with Gasteiger partial charge in [-0.2, -0.15) is 0 Å². The number of fused-ring (bicyclic) bond motifs is 1. The van der Waals surface area contributed by atoms with Gasteiger partial charge in [0, 0.05) is 32.5 Å². The number of halogens is 3. The molecule has 2 aromatic carbocycles. The summed E-state index contributed by atoms with van der Waals surface area (Å²) in [5, 5.41) is 0. The average Bonchev–Trinajstić information content (AvgIpc) is 2.87. The molecule has 6 nitrogen and oxygen atoms in total. The molecule has 0 aromatic heterocycles. The monoisotopic (exact) mass is 537 g/mol. The van der Waals surface area contributed by atoms with Gasteiger partial charge in [0.1, 0.15) is 18.0 Å². The Bertz CT molecular complexity index is 1130. The van der Waals surface area contributed by atoms with Gasteiger partial charge in [0.15, 0.2) is 23.1 Å². The van der Waals surface area contributed by atoms with Crippen LogP contribution in [0.15, 0.2) is 24.3 Å². The zero-order valence-electron chi connectivity index (χ0n) is 23.0. The first-order valence-corrected chi connectivity index (χ1v) is 12.8. The van der Waals surface area contributed by atoms with Crippen molar-refractivity contribution in [1.29, 1.82) is 0 Å². The molecule has 2 aromatic rings. The van der Waals surface area contributed by atoms with Crippen LogP contribution in [0.5, 0.6) is 11.5 Å². The van der Waals surface area contributed by atoms with Crippen molar-refractivity contribution >= 4 is 5.97 Å². The number of hydrogen-bond donors (Lipinski definition) is 0. The molecule has 2 atom stereocenters. The molecule has 38 heavy (non-hydrogen) atoms. The second-order valence-electron chi connectivity index (χ2n) is 10.2. The van der Waals surface area contributed by atoms with Crippen molar-refractivity contribution in [2.75, 3.05) is 48.1 Å². The van der Waals surface area contributed by atoms with E-state index in [1.54, 1.807) is 12.1 Å². The van der Waals surface area contributed by atoms with Crippen molar-refractivity contribution in [3.63, 3.8) is 0 Å². The standard InChI is InChI=1S/C29H38F3NO5/c1-18(2)25-22-8-7-21(30)15-19(22)9-11-29(25,38-24(34)17-35-4)12-14-33(3)13-10-20-16-23(31)27(36-5)28(37-6)26(20)32/h7-8,15-16,18,25H,9-14,17H2,1-6H3/t25-,29-/m1/s1. The van der Waals surface area contributed by atoms with Crippen molar-refractivity contribution in [3.8, 4) is 11.5 Å². The van der Waals surface area contributed by atoms with Gasteiger partial charge in [-0.05, 0) is 67.1 Å². The molecular weight excluding hydrogens is 499 g/mol. The zero-order valence-corrected chi connectivity index (χ0v) is 23.0. The Morgan fingerprint density at radius 2 is 1.79 bits per heavy atom. The number of aryl methyl sites for hydroxylation is 1. The number of carbonyl (C=O) groups is 1. The summed E-state index contributed by atoms with van der Waals surface area (Å²) < 4.78 is 64.5. The van der Waals surface area contributed by atoms with E-state index in [9.17, 15) is 18.0 Å². The molecule has 0 heterocycles. The number of carbonyl (C=O) groups excluding carboxylic acids is 1. The SMILES string of the molecule is COCC(=O)O[C@@]1(CCN(C)CCc2cc(F)c(OC)c(OC)c2F)CCc2cc(F)ccc2[C@H]1C(C)C. The Morgan fingerprint density at radius 3 is 2.42 bits per heavy atom. The lowest BCUT2D eigenvalue weighted by atomic mass is 9.65. The van der Waals surface area contributed by atoms with Gasteiger partial charge in [-0.15, -0.1) is 0 Å². The lowest BCUT2D eigenvalue weighted by Crippen LogP contribution is -2.49. The molecule has 9 heteroatoms. The van der Waals surface area contributed by atoms with Crippen molar-refractivity contribution in [3.05, 3.63) is 58.4 Å². The van der Waals surface area contributed by atoms with Crippen LogP contribution in [0.2, 0.25) is 0 Å². The number of esters is 1. The number of rotatable bonds is 12. The van der Waals surface area contributed by atoms with E-state index in [2.05, 4.69) is 13.8 Å². The molecule has 210 valence electrons. The van der Waals surface area contributed by atoms with E-state index >= 15 is 0 Å². The molecule has 0 saturated carbocycles. The molecule has 0 spiro atoms. The molecule has 0 N–H and O–H groups in total. The minimum atomic E-state index is -0.816. The van der Waals surface area contributed by atoms with E-state index in [4.69, 9.17) is 18.9 Å². The predicted molar refractivity (Wildman–Crippen MR) is 138 cm³/mol. The number of benzene rings is 2. The fourth-order valence-electron chi connectivity index (χ4n) is 5.66. The van der Waals surface area contributed by atoms with E-state index in [1.165, 1.54) is 27.4 Å². The fourth-order valence-corrected chi connectivity index (χ4v) is 5.66. The summed E-state index contributed by atoms with van der Waals surface area (Å²) in [5.74, 6) is -2.62. The summed E-state index contributed by atoms with van der Waals surface area (Å²) in [6.45, 7) is 4.95. The van der Waals surface area contributed by atoms with Crippen LogP contribution in [0.3, 0.4) is 0 Å². The molecule has 0 amide bonds. The summed E-state index contributed by atoms with van der Waals surface area (Å²) in [7, 11) is 5.85. The van der Waals surface area contributed by atoms with E-state index < -0.39 is 23.2 Å². The first-order valence-electron chi connectivity index (χ1n) is 12.8. The maximum absolute atomic E-state index is 14.9. The number of nitrogens with zero attached hydrogens (tertiary/aromatic N) is 1. The smallest absolute Gasteiger partial charge is 0.332 e. The molecule has 3 rings (SSSR count). The van der Waals surface area contributed by atoms with Gasteiger partial charge in [0.2, 0.25) is 0 Å². The number of likely N-dealkylation sites (N-methyl/N-ethyl adjacent to an activating group) is 1. The molecule has 0 fully saturated rings. The lowest BCUT2D eigenvalue weighted by molar-refractivity contribution is -0.172. The normalized spacial score (nSPS) is 19.0. The second-order valence-corrected chi connectivity index (χ2v) is 10.2. The van der Waals surface area contributed by atoms with Crippen LogP contribution in [0, 0.1) is 23.4 Å². The molecule has 0 saturated heterocycles. The summed E-state index contributed by atoms with van der Waals surface area (Å²) in [4.78, 5) is 14.7. The van der Waals surface area contributed by atoms with Crippen molar-refractivity contribution < 1.29 is 36.9 Å². The Balaban J connectivity index is 1.81. The summed E-state index contributed by atoms with van der Waals surface area (Å²) in [6.07, 6.45) is 1.88. The third kappa shape index (κ3) is 6.43. The van der Waals surface area contributed by atoms with Crippen molar-refractivity contribution in [2.45, 2.75) is 51.0 Å². The van der Waals surface area contributed by atoms with Crippen LogP contribution >= 0.6 is 0 Å². The van der Waals surface area contributed by atoms with Gasteiger partial charge < -0.3 is 23.8 Å². The van der Waals surface area contributed by atoms with Crippen LogP contribution in [0.1, 0.15) is 49.3 Å². The van der Waals surface area contributed by atoms with Crippen molar-refractivity contribution in [1.82, 2.24) is 4.90 Å². The van der Waals surface area contributed by atoms with Crippen LogP contribution in [0.25, 0.3) is 0 Å². The van der Waals surface area contributed by atoms with Crippen LogP contribution < -0.4 is 9.47 Å². The van der Waals surface area contributed by atoms with E-state index in [1.807, 2.05) is 11.9 Å². The first-order chi connectivity index (χ1) is 18.1. The summed E-state index contributed by atoms with van der Waals surface area (Å²) >= 11 is 0. The van der Waals surface area contributed by atoms with Crippen LogP contribution in [-0.2, 0) is 27.1 Å². The minimum Gasteiger partial charge on any atom is -0.490 e. The van der Waals surface area contributed by atoms with Gasteiger partial charge in [0.05, 0.1) is 14.2 Å². The Morgan fingerprint density at radius 1 is 1.08 bits per heavy atom. The largest absolute Gasteiger partial charge is 0.490 e. The minimum absolute atomic E-state index is 0.115. The summed E-state index contributed by atoms with van der Waals surface area (Å²) in [5.41, 5.74) is 1.29. The highest BCUT2D eigenvalue weighted by Gasteiger charge is 2.47. The number of methoxy groups -OCH3 is 3. The fraction of sp³-hybridized carbons (Fsp3) is 0.552. The third-order valence-electron chi connectivity index (χ3n) is 7.36. The molecule has 0 unspecified atom stereocenters. The van der Waals surface area contributed by atoms with Gasteiger partial charge >= 0.3 is 5.97 Å².